The van der Waals surface area contributed by atoms with Gasteiger partial charge in [-0.25, -0.2) is 18.4 Å². The van der Waals surface area contributed by atoms with E-state index in [0.717, 1.165) is 6.29 Å². The minimum atomic E-state index is -1.21. The second-order valence-electron chi connectivity index (χ2n) is 7.92. The lowest BCUT2D eigenvalue weighted by Gasteiger charge is -2.12. The van der Waals surface area contributed by atoms with Crippen molar-refractivity contribution in [2.75, 3.05) is 0 Å². The molecule has 11 heteroatoms. The maximum absolute atomic E-state index is 11.5. The number of aromatic nitrogens is 4. The number of hydrogen-bond acceptors (Lipinski definition) is 5. The van der Waals surface area contributed by atoms with Gasteiger partial charge in [-0.2, -0.15) is 4.40 Å². The first-order valence-corrected chi connectivity index (χ1v) is 11.0. The summed E-state index contributed by atoms with van der Waals surface area (Å²) in [5.74, 6) is 1.17. The highest BCUT2D eigenvalue weighted by Gasteiger charge is 2.18. The van der Waals surface area contributed by atoms with Crippen molar-refractivity contribution in [3.05, 3.63) is 36.4 Å². The molecule has 0 aliphatic heterocycles. The summed E-state index contributed by atoms with van der Waals surface area (Å²) in [4.78, 5) is 17.8. The van der Waals surface area contributed by atoms with E-state index < -0.39 is 22.0 Å². The molecule has 0 bridgehead atoms. The molecular weight excluding hydrogens is 412 g/mol. The second-order valence-corrected chi connectivity index (χ2v) is 11.7. The van der Waals surface area contributed by atoms with Crippen molar-refractivity contribution in [2.45, 2.75) is 51.0 Å². The predicted octanol–water partition coefficient (Wildman–Crippen LogP) is 1.94. The van der Waals surface area contributed by atoms with Gasteiger partial charge in [0.1, 0.15) is 11.0 Å². The molecule has 2 rings (SSSR count). The summed E-state index contributed by atoms with van der Waals surface area (Å²) in [6.45, 7) is 11.2. The third kappa shape index (κ3) is 11.0. The van der Waals surface area contributed by atoms with E-state index in [9.17, 15) is 13.2 Å². The Labute approximate surface area is 178 Å². The fourth-order valence-corrected chi connectivity index (χ4v) is 1.75. The molecule has 2 aromatic heterocycles. The number of nitrogens with two attached hydrogens (primary N) is 1. The van der Waals surface area contributed by atoms with Crippen LogP contribution in [0.1, 0.15) is 58.0 Å². The maximum Gasteiger partial charge on any atom is 0.185 e. The number of carbonyl (C=O) groups excluding carboxylic acids is 1. The molecule has 0 radical (unpaired) electrons. The van der Waals surface area contributed by atoms with E-state index in [1.54, 1.807) is 36.4 Å². The summed E-state index contributed by atoms with van der Waals surface area (Å²) in [7, 11) is 1.25. The molecule has 0 aliphatic carbocycles. The Morgan fingerprint density at radius 2 is 1.34 bits per heavy atom. The van der Waals surface area contributed by atoms with Crippen molar-refractivity contribution in [2.24, 2.45) is 23.6 Å². The number of imidazole rings is 2. The Morgan fingerprint density at radius 3 is 1.59 bits per heavy atom. The van der Waals surface area contributed by atoms with Gasteiger partial charge in [-0.15, -0.1) is 0 Å². The molecule has 0 aliphatic rings. The van der Waals surface area contributed by atoms with E-state index in [1.807, 2.05) is 59.4 Å². The van der Waals surface area contributed by atoms with Crippen LogP contribution in [0.4, 0.5) is 0 Å². The van der Waals surface area contributed by atoms with Crippen molar-refractivity contribution < 1.29 is 13.2 Å². The van der Waals surface area contributed by atoms with Crippen LogP contribution in [0, 0.1) is 0 Å². The molecule has 164 valence electrons. The highest BCUT2D eigenvalue weighted by molar-refractivity contribution is 7.85. The quantitative estimate of drug-likeness (QED) is 0.572. The van der Waals surface area contributed by atoms with Crippen LogP contribution in [0.2, 0.25) is 0 Å². The van der Waals surface area contributed by atoms with Crippen LogP contribution < -0.4 is 5.14 Å². The third-order valence-corrected chi connectivity index (χ3v) is 5.77. The fraction of sp³-hybridized carbons (Fsp3) is 0.556. The van der Waals surface area contributed by atoms with Crippen LogP contribution in [0.3, 0.4) is 0 Å². The van der Waals surface area contributed by atoms with Crippen LogP contribution in [-0.4, -0.2) is 49.5 Å². The Morgan fingerprint density at radius 1 is 0.931 bits per heavy atom. The van der Waals surface area contributed by atoms with Gasteiger partial charge in [-0.05, 0) is 41.5 Å². The van der Waals surface area contributed by atoms with E-state index >= 15 is 0 Å². The van der Waals surface area contributed by atoms with Crippen LogP contribution in [0.15, 0.2) is 29.2 Å². The molecule has 29 heavy (non-hydrogen) atoms. The van der Waals surface area contributed by atoms with E-state index in [1.165, 1.54) is 0 Å². The Kier molecular flexibility index (Phi) is 11.1. The summed E-state index contributed by atoms with van der Waals surface area (Å²) in [6, 6.07) is 0. The van der Waals surface area contributed by atoms with Crippen LogP contribution in [-0.2, 0) is 36.1 Å². The number of rotatable bonds is 3. The molecule has 2 unspecified atom stereocenters. The molecule has 2 atom stereocenters. The summed E-state index contributed by atoms with van der Waals surface area (Å²) < 4.78 is 28.8. The highest BCUT2D eigenvalue weighted by atomic mass is 32.2. The molecule has 9 nitrogen and oxygen atoms in total. The average molecular weight is 445 g/mol. The van der Waals surface area contributed by atoms with Crippen LogP contribution >= 0.6 is 0 Å². The molecular formula is C18H32N6O3S2. The van der Waals surface area contributed by atoms with E-state index in [2.05, 4.69) is 14.4 Å². The highest BCUT2D eigenvalue weighted by Crippen LogP contribution is 2.11. The molecule has 0 amide bonds. The zero-order valence-electron chi connectivity index (χ0n) is 18.3. The first-order valence-electron chi connectivity index (χ1n) is 8.72. The molecule has 0 aromatic carbocycles. The molecule has 0 saturated carbocycles. The van der Waals surface area contributed by atoms with Crippen LogP contribution in [0.25, 0.3) is 0 Å². The molecule has 2 N–H and O–H groups in total. The van der Waals surface area contributed by atoms with Gasteiger partial charge < -0.3 is 9.13 Å². The SMILES string of the molecule is CC(C)(C)S(N)=O.Cn1ccnc1C=NS(=O)C(C)(C)C.Cn1ccnc1C=O. The monoisotopic (exact) mass is 444 g/mol. The normalized spacial score (nSPS) is 13.7. The maximum atomic E-state index is 11.5. The van der Waals surface area contributed by atoms with Gasteiger partial charge in [-0.1, -0.05) is 0 Å². The van der Waals surface area contributed by atoms with Crippen molar-refractivity contribution >= 4 is 34.5 Å². The summed E-state index contributed by atoms with van der Waals surface area (Å²) in [5, 5.41) is 5.04. The summed E-state index contributed by atoms with van der Waals surface area (Å²) in [5.41, 5.74) is 0. The lowest BCUT2D eigenvalue weighted by atomic mass is 10.3. The number of nitrogens with zero attached hydrogens (tertiary/aromatic N) is 5. The minimum Gasteiger partial charge on any atom is -0.333 e. The predicted molar refractivity (Wildman–Crippen MR) is 119 cm³/mol. The van der Waals surface area contributed by atoms with Crippen molar-refractivity contribution in [3.8, 4) is 0 Å². The van der Waals surface area contributed by atoms with E-state index in [0.29, 0.717) is 11.6 Å². The van der Waals surface area contributed by atoms with Crippen LogP contribution in [0.5, 0.6) is 0 Å². The largest absolute Gasteiger partial charge is 0.333 e. The van der Waals surface area contributed by atoms with Gasteiger partial charge >= 0.3 is 0 Å². The van der Waals surface area contributed by atoms with Gasteiger partial charge in [0, 0.05) is 38.9 Å². The van der Waals surface area contributed by atoms with Gasteiger partial charge in [0.2, 0.25) is 0 Å². The molecule has 2 aromatic rings. The lowest BCUT2D eigenvalue weighted by Crippen LogP contribution is -2.27. The number of hydrogen-bond donors (Lipinski definition) is 1. The molecule has 2 heterocycles. The second kappa shape index (κ2) is 11.9. The van der Waals surface area contributed by atoms with Gasteiger partial charge in [0.15, 0.2) is 17.9 Å². The summed E-state index contributed by atoms with van der Waals surface area (Å²) in [6.07, 6.45) is 9.08. The summed E-state index contributed by atoms with van der Waals surface area (Å²) >= 11 is 0. The standard InChI is InChI=1S/C9H15N3OS.C5H6N2O.C4H11NOS/c1-9(2,3)14(13)11-7-8-10-5-6-12(8)4;1-7-3-2-6-5(7)4-8;1-4(2,3)7(5)6/h5-7H,1-4H3;2-4H,1H3;5H2,1-3H3. The Balaban J connectivity index is 0.000000444. The molecule has 0 spiro atoms. The first-order chi connectivity index (χ1) is 13.2. The zero-order valence-corrected chi connectivity index (χ0v) is 20.0. The minimum absolute atomic E-state index is 0.250. The third-order valence-electron chi connectivity index (χ3n) is 3.21. The molecule has 0 saturated heterocycles. The van der Waals surface area contributed by atoms with E-state index in [-0.39, 0.29) is 9.49 Å². The Hall–Kier alpha value is -1.98. The lowest BCUT2D eigenvalue weighted by molar-refractivity contribution is 0.111. The Bertz CT molecular complexity index is 844. The van der Waals surface area contributed by atoms with Gasteiger partial charge in [0.25, 0.3) is 0 Å². The van der Waals surface area contributed by atoms with Crippen molar-refractivity contribution in [3.63, 3.8) is 0 Å². The smallest absolute Gasteiger partial charge is 0.185 e. The number of aryl methyl sites for hydroxylation is 2. The van der Waals surface area contributed by atoms with Gasteiger partial charge in [-0.3, -0.25) is 9.93 Å². The fourth-order valence-electron chi connectivity index (χ4n) is 1.25. The number of carbonyl (C=O) groups is 1. The van der Waals surface area contributed by atoms with Crippen molar-refractivity contribution in [1.82, 2.24) is 19.1 Å². The van der Waals surface area contributed by atoms with E-state index in [4.69, 9.17) is 5.14 Å². The van der Waals surface area contributed by atoms with Gasteiger partial charge in [0.05, 0.1) is 26.7 Å². The molecule has 0 fully saturated rings. The average Bonchev–Trinajstić information content (AvgIpc) is 3.19. The zero-order chi connectivity index (χ0) is 22.8. The first kappa shape index (κ1) is 27.0. The number of aldehydes is 1. The topological polar surface area (TPSA) is 125 Å². The van der Waals surface area contributed by atoms with Crippen molar-refractivity contribution in [1.29, 1.82) is 0 Å².